The molecule has 21 heavy (non-hydrogen) atoms. The van der Waals surface area contributed by atoms with Crippen molar-refractivity contribution in [2.45, 2.75) is 51.7 Å². The SMILES string of the molecule is CCCCOCC(O)COc1ccc(CCC(C)N)cc1. The van der Waals surface area contributed by atoms with Gasteiger partial charge in [-0.15, -0.1) is 0 Å². The summed E-state index contributed by atoms with van der Waals surface area (Å²) in [6.45, 7) is 5.40. The van der Waals surface area contributed by atoms with Crippen LogP contribution in [0, 0.1) is 0 Å². The molecule has 1 aromatic rings. The molecule has 2 atom stereocenters. The molecule has 0 bridgehead atoms. The Morgan fingerprint density at radius 3 is 2.52 bits per heavy atom. The molecule has 0 aliphatic heterocycles. The summed E-state index contributed by atoms with van der Waals surface area (Å²) in [5.74, 6) is 0.771. The third kappa shape index (κ3) is 8.71. The largest absolute Gasteiger partial charge is 0.491 e. The molecule has 0 aliphatic carbocycles. The second kappa shape index (κ2) is 10.6. The highest BCUT2D eigenvalue weighted by Crippen LogP contribution is 2.14. The fourth-order valence-electron chi connectivity index (χ4n) is 1.85. The molecule has 0 fully saturated rings. The molecule has 2 unspecified atom stereocenters. The first-order chi connectivity index (χ1) is 10.1. The maximum Gasteiger partial charge on any atom is 0.119 e. The lowest BCUT2D eigenvalue weighted by Gasteiger charge is -2.13. The highest BCUT2D eigenvalue weighted by Gasteiger charge is 2.05. The van der Waals surface area contributed by atoms with Gasteiger partial charge in [0.05, 0.1) is 6.61 Å². The van der Waals surface area contributed by atoms with Crippen LogP contribution in [-0.4, -0.2) is 37.1 Å². The third-order valence-corrected chi connectivity index (χ3v) is 3.21. The molecule has 0 saturated heterocycles. The Kier molecular flexibility index (Phi) is 9.06. The topological polar surface area (TPSA) is 64.7 Å². The van der Waals surface area contributed by atoms with Crippen LogP contribution in [0.3, 0.4) is 0 Å². The Bertz CT molecular complexity index is 365. The van der Waals surface area contributed by atoms with E-state index in [-0.39, 0.29) is 12.6 Å². The van der Waals surface area contributed by atoms with E-state index in [4.69, 9.17) is 15.2 Å². The first-order valence-electron chi connectivity index (χ1n) is 7.85. The Morgan fingerprint density at radius 2 is 1.90 bits per heavy atom. The summed E-state index contributed by atoms with van der Waals surface area (Å²) >= 11 is 0. The second-order valence-electron chi connectivity index (χ2n) is 5.55. The van der Waals surface area contributed by atoms with E-state index in [0.717, 1.165) is 31.4 Å². The number of aryl methyl sites for hydroxylation is 1. The van der Waals surface area contributed by atoms with Gasteiger partial charge >= 0.3 is 0 Å². The number of aliphatic hydroxyl groups is 1. The Hall–Kier alpha value is -1.10. The fraction of sp³-hybridized carbons (Fsp3) is 0.647. The van der Waals surface area contributed by atoms with Gasteiger partial charge < -0.3 is 20.3 Å². The molecule has 0 aromatic heterocycles. The van der Waals surface area contributed by atoms with Crippen molar-refractivity contribution in [2.24, 2.45) is 5.73 Å². The van der Waals surface area contributed by atoms with Gasteiger partial charge in [0.1, 0.15) is 18.5 Å². The highest BCUT2D eigenvalue weighted by atomic mass is 16.5. The van der Waals surface area contributed by atoms with E-state index in [2.05, 4.69) is 6.92 Å². The lowest BCUT2D eigenvalue weighted by molar-refractivity contribution is 0.0113. The van der Waals surface area contributed by atoms with Crippen LogP contribution >= 0.6 is 0 Å². The van der Waals surface area contributed by atoms with Crippen molar-refractivity contribution in [3.05, 3.63) is 29.8 Å². The summed E-state index contributed by atoms with van der Waals surface area (Å²) in [7, 11) is 0. The monoisotopic (exact) mass is 295 g/mol. The van der Waals surface area contributed by atoms with E-state index in [1.807, 2.05) is 31.2 Å². The van der Waals surface area contributed by atoms with Gasteiger partial charge in [-0.2, -0.15) is 0 Å². The van der Waals surface area contributed by atoms with Crippen LogP contribution in [-0.2, 0) is 11.2 Å². The van der Waals surface area contributed by atoms with Crippen molar-refractivity contribution >= 4 is 0 Å². The van der Waals surface area contributed by atoms with E-state index in [1.165, 1.54) is 5.56 Å². The molecule has 0 heterocycles. The minimum atomic E-state index is -0.584. The minimum Gasteiger partial charge on any atom is -0.491 e. The maximum atomic E-state index is 9.75. The van der Waals surface area contributed by atoms with Gasteiger partial charge in [0.15, 0.2) is 0 Å². The quantitative estimate of drug-likeness (QED) is 0.616. The van der Waals surface area contributed by atoms with Gasteiger partial charge in [-0.05, 0) is 43.9 Å². The number of hydrogen-bond donors (Lipinski definition) is 2. The summed E-state index contributed by atoms with van der Waals surface area (Å²) in [5.41, 5.74) is 7.00. The number of unbranched alkanes of at least 4 members (excludes halogenated alkanes) is 1. The predicted octanol–water partition coefficient (Wildman–Crippen LogP) is 2.52. The molecule has 120 valence electrons. The minimum absolute atomic E-state index is 0.226. The molecule has 4 heteroatoms. The van der Waals surface area contributed by atoms with Gasteiger partial charge in [0, 0.05) is 12.6 Å². The molecule has 0 saturated carbocycles. The number of rotatable bonds is 11. The van der Waals surface area contributed by atoms with Crippen LogP contribution in [0.15, 0.2) is 24.3 Å². The van der Waals surface area contributed by atoms with Gasteiger partial charge in [-0.3, -0.25) is 0 Å². The number of benzene rings is 1. The summed E-state index contributed by atoms with van der Waals surface area (Å²) in [6.07, 6.45) is 3.50. The average molecular weight is 295 g/mol. The molecule has 1 rings (SSSR count). The van der Waals surface area contributed by atoms with Gasteiger partial charge in [-0.1, -0.05) is 25.5 Å². The number of nitrogens with two attached hydrogens (primary N) is 1. The summed E-state index contributed by atoms with van der Waals surface area (Å²) in [5, 5.41) is 9.75. The van der Waals surface area contributed by atoms with Crippen molar-refractivity contribution in [1.29, 1.82) is 0 Å². The van der Waals surface area contributed by atoms with Crippen LogP contribution in [0.2, 0.25) is 0 Å². The van der Waals surface area contributed by atoms with Crippen molar-refractivity contribution in [1.82, 2.24) is 0 Å². The van der Waals surface area contributed by atoms with Gasteiger partial charge in [-0.25, -0.2) is 0 Å². The standard InChI is InChI=1S/C17H29NO3/c1-3-4-11-20-12-16(19)13-21-17-9-7-15(8-10-17)6-5-14(2)18/h7-10,14,16,19H,3-6,11-13,18H2,1-2H3. The van der Waals surface area contributed by atoms with Crippen molar-refractivity contribution < 1.29 is 14.6 Å². The molecule has 1 aromatic carbocycles. The highest BCUT2D eigenvalue weighted by molar-refractivity contribution is 5.27. The zero-order valence-corrected chi connectivity index (χ0v) is 13.3. The van der Waals surface area contributed by atoms with Gasteiger partial charge in [0.25, 0.3) is 0 Å². The average Bonchev–Trinajstić information content (AvgIpc) is 2.48. The Balaban J connectivity index is 2.22. The Morgan fingerprint density at radius 1 is 1.19 bits per heavy atom. The summed E-state index contributed by atoms with van der Waals surface area (Å²) in [6, 6.07) is 8.18. The van der Waals surface area contributed by atoms with E-state index < -0.39 is 6.10 Å². The van der Waals surface area contributed by atoms with Crippen LogP contribution in [0.25, 0.3) is 0 Å². The van der Waals surface area contributed by atoms with E-state index in [9.17, 15) is 5.11 Å². The Labute approximate surface area is 128 Å². The predicted molar refractivity (Wildman–Crippen MR) is 85.6 cm³/mol. The summed E-state index contributed by atoms with van der Waals surface area (Å²) in [4.78, 5) is 0. The molecule has 0 spiro atoms. The lowest BCUT2D eigenvalue weighted by atomic mass is 10.1. The number of hydrogen-bond acceptors (Lipinski definition) is 4. The molecular formula is C17H29NO3. The van der Waals surface area contributed by atoms with Crippen LogP contribution in [0.1, 0.15) is 38.7 Å². The first kappa shape index (κ1) is 18.0. The molecule has 0 radical (unpaired) electrons. The first-order valence-corrected chi connectivity index (χ1v) is 7.85. The van der Waals surface area contributed by atoms with Crippen molar-refractivity contribution in [3.63, 3.8) is 0 Å². The maximum absolute atomic E-state index is 9.75. The lowest BCUT2D eigenvalue weighted by Crippen LogP contribution is -2.23. The van der Waals surface area contributed by atoms with E-state index in [0.29, 0.717) is 13.2 Å². The van der Waals surface area contributed by atoms with Crippen molar-refractivity contribution in [2.75, 3.05) is 19.8 Å². The molecule has 0 amide bonds. The third-order valence-electron chi connectivity index (χ3n) is 3.21. The fourth-order valence-corrected chi connectivity index (χ4v) is 1.85. The molecular weight excluding hydrogens is 266 g/mol. The van der Waals surface area contributed by atoms with Crippen LogP contribution < -0.4 is 10.5 Å². The van der Waals surface area contributed by atoms with Crippen LogP contribution in [0.4, 0.5) is 0 Å². The number of ether oxygens (including phenoxy) is 2. The smallest absolute Gasteiger partial charge is 0.119 e. The zero-order valence-electron chi connectivity index (χ0n) is 13.3. The molecule has 0 aliphatic rings. The van der Waals surface area contributed by atoms with E-state index >= 15 is 0 Å². The zero-order chi connectivity index (χ0) is 15.5. The molecule has 4 nitrogen and oxygen atoms in total. The second-order valence-corrected chi connectivity index (χ2v) is 5.55. The van der Waals surface area contributed by atoms with Crippen molar-refractivity contribution in [3.8, 4) is 5.75 Å². The normalized spacial score (nSPS) is 13.9. The van der Waals surface area contributed by atoms with Gasteiger partial charge in [0.2, 0.25) is 0 Å². The van der Waals surface area contributed by atoms with E-state index in [1.54, 1.807) is 0 Å². The summed E-state index contributed by atoms with van der Waals surface area (Å²) < 4.78 is 10.9. The molecule has 3 N–H and O–H groups in total. The number of aliphatic hydroxyl groups excluding tert-OH is 1. The van der Waals surface area contributed by atoms with Crippen LogP contribution in [0.5, 0.6) is 5.75 Å².